The van der Waals surface area contributed by atoms with E-state index in [4.69, 9.17) is 0 Å². The van der Waals surface area contributed by atoms with Gasteiger partial charge in [-0.05, 0) is 53.4 Å². The van der Waals surface area contributed by atoms with Crippen LogP contribution < -0.4 is 0 Å². The van der Waals surface area contributed by atoms with E-state index in [-0.39, 0.29) is 5.92 Å². The van der Waals surface area contributed by atoms with Crippen LogP contribution in [0.1, 0.15) is 37.4 Å². The molecule has 0 bridgehead atoms. The molecule has 0 aromatic carbocycles. The Kier molecular flexibility index (Phi) is 6.12. The van der Waals surface area contributed by atoms with E-state index in [1.165, 1.54) is 5.82 Å². The van der Waals surface area contributed by atoms with E-state index in [9.17, 15) is 4.79 Å². The van der Waals surface area contributed by atoms with Crippen molar-refractivity contribution in [1.82, 2.24) is 24.3 Å². The highest BCUT2D eigenvalue weighted by Crippen LogP contribution is 2.28. The first-order valence-electron chi connectivity index (χ1n) is 9.67. The van der Waals surface area contributed by atoms with Crippen LogP contribution in [0.5, 0.6) is 0 Å². The molecule has 2 saturated heterocycles. The summed E-state index contributed by atoms with van der Waals surface area (Å²) in [5, 5.41) is 0. The summed E-state index contributed by atoms with van der Waals surface area (Å²) in [6, 6.07) is 0. The maximum Gasteiger partial charge on any atom is 0.226 e. The van der Waals surface area contributed by atoms with Crippen molar-refractivity contribution in [3.63, 3.8) is 0 Å². The van der Waals surface area contributed by atoms with Gasteiger partial charge in [-0.2, -0.15) is 0 Å². The molecule has 0 unspecified atom stereocenters. The van der Waals surface area contributed by atoms with Crippen molar-refractivity contribution in [2.75, 3.05) is 53.9 Å². The highest BCUT2D eigenvalue weighted by Gasteiger charge is 2.31. The predicted octanol–water partition coefficient (Wildman–Crippen LogP) is 1.49. The molecule has 1 amide bonds. The van der Waals surface area contributed by atoms with Crippen molar-refractivity contribution in [2.45, 2.75) is 38.1 Å². The van der Waals surface area contributed by atoms with Gasteiger partial charge >= 0.3 is 0 Å². The van der Waals surface area contributed by atoms with Crippen molar-refractivity contribution in [3.8, 4) is 0 Å². The smallest absolute Gasteiger partial charge is 0.226 e. The van der Waals surface area contributed by atoms with E-state index >= 15 is 0 Å². The monoisotopic (exact) mass is 347 g/mol. The van der Waals surface area contributed by atoms with Crippen LogP contribution in [0, 0.1) is 5.92 Å². The van der Waals surface area contributed by atoms with Gasteiger partial charge in [-0.25, -0.2) is 4.98 Å². The van der Waals surface area contributed by atoms with Gasteiger partial charge < -0.3 is 19.3 Å². The van der Waals surface area contributed by atoms with Crippen LogP contribution in [0.15, 0.2) is 12.4 Å². The molecule has 3 rings (SSSR count). The lowest BCUT2D eigenvalue weighted by Crippen LogP contribution is -2.46. The van der Waals surface area contributed by atoms with Gasteiger partial charge in [0.15, 0.2) is 0 Å². The summed E-state index contributed by atoms with van der Waals surface area (Å²) in [6.07, 6.45) is 8.28. The van der Waals surface area contributed by atoms with Crippen LogP contribution in [0.2, 0.25) is 0 Å². The molecule has 25 heavy (non-hydrogen) atoms. The van der Waals surface area contributed by atoms with Gasteiger partial charge in [-0.15, -0.1) is 0 Å². The van der Waals surface area contributed by atoms with E-state index in [1.54, 1.807) is 0 Å². The standard InChI is InChI=1S/C19H33N5O/c1-21(2)13-14-23-12-8-20-18(23)16-6-10-24(11-7-16)19(25)17-5-4-9-22(3)15-17/h8,12,16-17H,4-7,9-11,13-15H2,1-3H3/t17-/m0/s1. The molecule has 2 aliphatic rings. The number of likely N-dealkylation sites (N-methyl/N-ethyl adjacent to an activating group) is 1. The molecule has 6 heteroatoms. The number of piperidine rings is 2. The number of nitrogens with zero attached hydrogens (tertiary/aromatic N) is 5. The summed E-state index contributed by atoms with van der Waals surface area (Å²) >= 11 is 0. The Morgan fingerprint density at radius 1 is 1.24 bits per heavy atom. The number of hydrogen-bond acceptors (Lipinski definition) is 4. The number of hydrogen-bond donors (Lipinski definition) is 0. The molecule has 6 nitrogen and oxygen atoms in total. The zero-order valence-corrected chi connectivity index (χ0v) is 16.0. The maximum atomic E-state index is 12.8. The van der Waals surface area contributed by atoms with Crippen LogP contribution >= 0.6 is 0 Å². The minimum Gasteiger partial charge on any atom is -0.342 e. The topological polar surface area (TPSA) is 44.6 Å². The number of imidazole rings is 1. The second-order valence-corrected chi connectivity index (χ2v) is 7.98. The molecule has 1 aromatic heterocycles. The van der Waals surface area contributed by atoms with Crippen molar-refractivity contribution < 1.29 is 4.79 Å². The van der Waals surface area contributed by atoms with Gasteiger partial charge in [0.1, 0.15) is 5.82 Å². The molecule has 1 aromatic rings. The summed E-state index contributed by atoms with van der Waals surface area (Å²) < 4.78 is 2.29. The van der Waals surface area contributed by atoms with Gasteiger partial charge in [0.2, 0.25) is 5.91 Å². The largest absolute Gasteiger partial charge is 0.342 e. The summed E-state index contributed by atoms with van der Waals surface area (Å²) in [7, 11) is 6.33. The van der Waals surface area contributed by atoms with Crippen molar-refractivity contribution in [3.05, 3.63) is 18.2 Å². The van der Waals surface area contributed by atoms with Gasteiger partial charge in [0, 0.05) is 51.0 Å². The van der Waals surface area contributed by atoms with E-state index < -0.39 is 0 Å². The third kappa shape index (κ3) is 4.61. The van der Waals surface area contributed by atoms with Crippen LogP contribution in [-0.4, -0.2) is 84.0 Å². The van der Waals surface area contributed by atoms with Gasteiger partial charge in [-0.3, -0.25) is 4.79 Å². The fourth-order valence-corrected chi connectivity index (χ4v) is 4.16. The molecular weight excluding hydrogens is 314 g/mol. The summed E-state index contributed by atoms with van der Waals surface area (Å²) in [4.78, 5) is 24.0. The minimum absolute atomic E-state index is 0.206. The molecule has 0 aliphatic carbocycles. The number of likely N-dealkylation sites (tertiary alicyclic amines) is 2. The van der Waals surface area contributed by atoms with Crippen LogP contribution in [0.25, 0.3) is 0 Å². The van der Waals surface area contributed by atoms with E-state index in [2.05, 4.69) is 51.6 Å². The van der Waals surface area contributed by atoms with Crippen LogP contribution in [-0.2, 0) is 11.3 Å². The van der Waals surface area contributed by atoms with E-state index in [0.29, 0.717) is 11.8 Å². The maximum absolute atomic E-state index is 12.8. The quantitative estimate of drug-likeness (QED) is 0.810. The predicted molar refractivity (Wildman–Crippen MR) is 99.6 cm³/mol. The summed E-state index contributed by atoms with van der Waals surface area (Å²) in [5.41, 5.74) is 0. The third-order valence-electron chi connectivity index (χ3n) is 5.68. The third-order valence-corrected chi connectivity index (χ3v) is 5.68. The molecule has 1 atom stereocenters. The number of carbonyl (C=O) groups is 1. The lowest BCUT2D eigenvalue weighted by Gasteiger charge is -2.36. The average molecular weight is 348 g/mol. The van der Waals surface area contributed by atoms with Gasteiger partial charge in [0.05, 0.1) is 5.92 Å². The van der Waals surface area contributed by atoms with Crippen molar-refractivity contribution in [2.24, 2.45) is 5.92 Å². The summed E-state index contributed by atoms with van der Waals surface area (Å²) in [5.74, 6) is 2.26. The lowest BCUT2D eigenvalue weighted by molar-refractivity contribution is -0.138. The first kappa shape index (κ1) is 18.4. The van der Waals surface area contributed by atoms with Crippen LogP contribution in [0.3, 0.4) is 0 Å². The molecule has 0 spiro atoms. The molecular formula is C19H33N5O. The molecule has 140 valence electrons. The van der Waals surface area contributed by atoms with Gasteiger partial charge in [-0.1, -0.05) is 0 Å². The first-order chi connectivity index (χ1) is 12.0. The van der Waals surface area contributed by atoms with E-state index in [0.717, 1.165) is 65.0 Å². The van der Waals surface area contributed by atoms with Crippen LogP contribution in [0.4, 0.5) is 0 Å². The molecule has 2 fully saturated rings. The first-order valence-corrected chi connectivity index (χ1v) is 9.67. The number of amides is 1. The molecule has 2 aliphatic heterocycles. The Balaban J connectivity index is 1.53. The average Bonchev–Trinajstić information content (AvgIpc) is 3.08. The fraction of sp³-hybridized carbons (Fsp3) is 0.789. The molecule has 0 N–H and O–H groups in total. The Labute approximate surface area is 151 Å². The minimum atomic E-state index is 0.206. The summed E-state index contributed by atoms with van der Waals surface area (Å²) in [6.45, 7) is 5.81. The zero-order chi connectivity index (χ0) is 17.8. The van der Waals surface area contributed by atoms with E-state index in [1.807, 2.05) is 6.20 Å². The van der Waals surface area contributed by atoms with Crippen molar-refractivity contribution >= 4 is 5.91 Å². The number of aromatic nitrogens is 2. The Morgan fingerprint density at radius 2 is 2.00 bits per heavy atom. The number of rotatable bonds is 5. The molecule has 3 heterocycles. The highest BCUT2D eigenvalue weighted by molar-refractivity contribution is 5.79. The fourth-order valence-electron chi connectivity index (χ4n) is 4.16. The highest BCUT2D eigenvalue weighted by atomic mass is 16.2. The molecule has 0 saturated carbocycles. The lowest BCUT2D eigenvalue weighted by atomic mass is 9.92. The Hall–Kier alpha value is -1.40. The second kappa shape index (κ2) is 8.32. The zero-order valence-electron chi connectivity index (χ0n) is 16.0. The molecule has 0 radical (unpaired) electrons. The van der Waals surface area contributed by atoms with Gasteiger partial charge in [0.25, 0.3) is 0 Å². The number of carbonyl (C=O) groups excluding carboxylic acids is 1. The van der Waals surface area contributed by atoms with Crippen molar-refractivity contribution in [1.29, 1.82) is 0 Å². The Bertz CT molecular complexity index is 562. The Morgan fingerprint density at radius 3 is 2.68 bits per heavy atom. The second-order valence-electron chi connectivity index (χ2n) is 7.98. The normalized spacial score (nSPS) is 23.4. The SMILES string of the molecule is CN(C)CCn1ccnc1C1CCN(C(=O)[C@H]2CCCN(C)C2)CC1.